The second-order valence-electron chi connectivity index (χ2n) is 3.14. The van der Waals surface area contributed by atoms with Crippen LogP contribution in [0.4, 0.5) is 0 Å². The van der Waals surface area contributed by atoms with Crippen molar-refractivity contribution in [2.24, 2.45) is 0 Å². The van der Waals surface area contributed by atoms with Crippen LogP contribution in [0.5, 0.6) is 0 Å². The van der Waals surface area contributed by atoms with Crippen molar-refractivity contribution >= 4 is 5.97 Å². The van der Waals surface area contributed by atoms with Crippen LogP contribution < -0.4 is 10.4 Å². The maximum absolute atomic E-state index is 10.1. The summed E-state index contributed by atoms with van der Waals surface area (Å²) < 4.78 is 0. The number of hydrogen-bond acceptors (Lipinski definition) is 3. The van der Waals surface area contributed by atoms with Gasteiger partial charge in [-0.2, -0.15) is 0 Å². The summed E-state index contributed by atoms with van der Waals surface area (Å²) in [6.07, 6.45) is 1.91. The van der Waals surface area contributed by atoms with Crippen molar-refractivity contribution in [3.8, 4) is 0 Å². The van der Waals surface area contributed by atoms with E-state index in [0.717, 1.165) is 12.8 Å². The number of carbonyl (C=O) groups is 1. The predicted molar refractivity (Wildman–Crippen MR) is 52.6 cm³/mol. The Balaban J connectivity index is 2.08. The normalized spacial score (nSPS) is 10.0. The van der Waals surface area contributed by atoms with Crippen LogP contribution in [0.25, 0.3) is 0 Å². The Hall–Kier alpha value is -1.35. The summed E-state index contributed by atoms with van der Waals surface area (Å²) in [5.74, 6) is -1.05. The van der Waals surface area contributed by atoms with E-state index in [9.17, 15) is 9.90 Å². The quantitative estimate of drug-likeness (QED) is 0.643. The number of benzene rings is 1. The Kier molecular flexibility index (Phi) is 4.72. The number of aliphatic carboxylic acids is 1. The van der Waals surface area contributed by atoms with Crippen LogP contribution in [-0.2, 0) is 11.2 Å². The lowest BCUT2D eigenvalue weighted by atomic mass is 10.1. The molecule has 0 fully saturated rings. The van der Waals surface area contributed by atoms with Gasteiger partial charge in [-0.15, -0.1) is 0 Å². The fourth-order valence-electron chi connectivity index (χ4n) is 1.25. The van der Waals surface area contributed by atoms with E-state index >= 15 is 0 Å². The average Bonchev–Trinajstić information content (AvgIpc) is 2.18. The molecule has 1 aromatic rings. The van der Waals surface area contributed by atoms with Crippen molar-refractivity contribution < 1.29 is 9.90 Å². The molecule has 0 aromatic heterocycles. The molecule has 14 heavy (non-hydrogen) atoms. The first-order chi connectivity index (χ1) is 6.79. The predicted octanol–water partition coefficient (Wildman–Crippen LogP) is -0.0413. The topological polar surface area (TPSA) is 52.2 Å². The summed E-state index contributed by atoms with van der Waals surface area (Å²) in [4.78, 5) is 10.1. The van der Waals surface area contributed by atoms with E-state index < -0.39 is 5.97 Å². The zero-order valence-corrected chi connectivity index (χ0v) is 8.03. The van der Waals surface area contributed by atoms with Gasteiger partial charge in [0.2, 0.25) is 0 Å². The zero-order valence-electron chi connectivity index (χ0n) is 8.03. The van der Waals surface area contributed by atoms with E-state index in [0.29, 0.717) is 6.54 Å². The second kappa shape index (κ2) is 6.16. The molecule has 3 heteroatoms. The second-order valence-corrected chi connectivity index (χ2v) is 3.14. The molecule has 0 heterocycles. The van der Waals surface area contributed by atoms with Crippen LogP contribution >= 0.6 is 0 Å². The first-order valence-corrected chi connectivity index (χ1v) is 4.73. The Morgan fingerprint density at radius 2 is 2.00 bits per heavy atom. The molecule has 0 bridgehead atoms. The highest BCUT2D eigenvalue weighted by Gasteiger charge is 1.91. The summed E-state index contributed by atoms with van der Waals surface area (Å²) >= 11 is 0. The van der Waals surface area contributed by atoms with Gasteiger partial charge in [-0.1, -0.05) is 30.3 Å². The SMILES string of the molecule is O=C([O-])CNCCCc1ccccc1. The molecule has 0 saturated carbocycles. The number of nitrogens with one attached hydrogen (secondary N) is 1. The van der Waals surface area contributed by atoms with Crippen LogP contribution in [0.3, 0.4) is 0 Å². The summed E-state index contributed by atoms with van der Waals surface area (Å²) in [5, 5.41) is 12.9. The van der Waals surface area contributed by atoms with E-state index in [1.807, 2.05) is 18.2 Å². The molecule has 0 atom stereocenters. The van der Waals surface area contributed by atoms with E-state index in [-0.39, 0.29) is 6.54 Å². The van der Waals surface area contributed by atoms with E-state index in [2.05, 4.69) is 17.4 Å². The van der Waals surface area contributed by atoms with E-state index in [4.69, 9.17) is 0 Å². The number of carboxylic acid groups (broad SMARTS) is 1. The molecule has 0 unspecified atom stereocenters. The van der Waals surface area contributed by atoms with E-state index in [1.165, 1.54) is 5.56 Å². The molecule has 0 spiro atoms. The van der Waals surface area contributed by atoms with Crippen LogP contribution in [0, 0.1) is 0 Å². The fourth-order valence-corrected chi connectivity index (χ4v) is 1.25. The first-order valence-electron chi connectivity index (χ1n) is 4.73. The molecule has 1 N–H and O–H groups in total. The number of hydrogen-bond donors (Lipinski definition) is 1. The Labute approximate surface area is 83.8 Å². The largest absolute Gasteiger partial charge is 0.549 e. The van der Waals surface area contributed by atoms with Gasteiger partial charge in [-0.3, -0.25) is 0 Å². The standard InChI is InChI=1S/C11H15NO2/c13-11(14)9-12-8-4-7-10-5-2-1-3-6-10/h1-3,5-6,12H,4,7-9H2,(H,13,14)/p-1. The van der Waals surface area contributed by atoms with Crippen molar-refractivity contribution in [2.45, 2.75) is 12.8 Å². The highest BCUT2D eigenvalue weighted by Crippen LogP contribution is 2.00. The summed E-state index contributed by atoms with van der Waals surface area (Å²) in [7, 11) is 0. The molecule has 0 aliphatic carbocycles. The van der Waals surface area contributed by atoms with Crippen molar-refractivity contribution in [3.63, 3.8) is 0 Å². The minimum Gasteiger partial charge on any atom is -0.549 e. The molecule has 0 saturated heterocycles. The number of carbonyl (C=O) groups excluding carboxylic acids is 1. The van der Waals surface area contributed by atoms with E-state index in [1.54, 1.807) is 0 Å². The third kappa shape index (κ3) is 4.62. The fraction of sp³-hybridized carbons (Fsp3) is 0.364. The number of carboxylic acids is 1. The van der Waals surface area contributed by atoms with Gasteiger partial charge in [0, 0.05) is 6.54 Å². The maximum Gasteiger partial charge on any atom is 0.0552 e. The number of rotatable bonds is 6. The summed E-state index contributed by atoms with van der Waals surface area (Å²) in [6, 6.07) is 10.1. The van der Waals surface area contributed by atoms with Gasteiger partial charge in [0.15, 0.2) is 0 Å². The Bertz CT molecular complexity index is 272. The molecular weight excluding hydrogens is 178 g/mol. The molecule has 1 rings (SSSR count). The summed E-state index contributed by atoms with van der Waals surface area (Å²) in [6.45, 7) is 0.650. The third-order valence-electron chi connectivity index (χ3n) is 1.93. The first kappa shape index (κ1) is 10.7. The lowest BCUT2D eigenvalue weighted by Gasteiger charge is -2.04. The van der Waals surface area contributed by atoms with Gasteiger partial charge in [0.1, 0.15) is 0 Å². The van der Waals surface area contributed by atoms with Crippen LogP contribution in [0.2, 0.25) is 0 Å². The van der Waals surface area contributed by atoms with Gasteiger partial charge in [-0.25, -0.2) is 0 Å². The van der Waals surface area contributed by atoms with Gasteiger partial charge < -0.3 is 15.2 Å². The molecule has 0 amide bonds. The molecule has 0 aliphatic rings. The van der Waals surface area contributed by atoms with Crippen molar-refractivity contribution in [2.75, 3.05) is 13.1 Å². The molecular formula is C11H14NO2-. The lowest BCUT2D eigenvalue weighted by Crippen LogP contribution is -2.35. The monoisotopic (exact) mass is 192 g/mol. The minimum atomic E-state index is -1.05. The molecule has 0 radical (unpaired) electrons. The van der Waals surface area contributed by atoms with Gasteiger partial charge in [0.25, 0.3) is 0 Å². The number of aryl methyl sites for hydroxylation is 1. The summed E-state index contributed by atoms with van der Waals surface area (Å²) in [5.41, 5.74) is 1.28. The van der Waals surface area contributed by atoms with Gasteiger partial charge in [0.05, 0.1) is 5.97 Å². The molecule has 1 aromatic carbocycles. The zero-order chi connectivity index (χ0) is 10.2. The lowest BCUT2D eigenvalue weighted by molar-refractivity contribution is -0.304. The Morgan fingerprint density at radius 1 is 1.29 bits per heavy atom. The molecule has 3 nitrogen and oxygen atoms in total. The van der Waals surface area contributed by atoms with Crippen LogP contribution in [0.1, 0.15) is 12.0 Å². The Morgan fingerprint density at radius 3 is 2.64 bits per heavy atom. The van der Waals surface area contributed by atoms with Crippen LogP contribution in [0.15, 0.2) is 30.3 Å². The highest BCUT2D eigenvalue weighted by molar-refractivity contribution is 5.66. The van der Waals surface area contributed by atoms with Crippen molar-refractivity contribution in [1.29, 1.82) is 0 Å². The molecule has 0 aliphatic heterocycles. The van der Waals surface area contributed by atoms with Crippen molar-refractivity contribution in [1.82, 2.24) is 5.32 Å². The minimum absolute atomic E-state index is 0.0607. The van der Waals surface area contributed by atoms with Crippen molar-refractivity contribution in [3.05, 3.63) is 35.9 Å². The smallest absolute Gasteiger partial charge is 0.0552 e. The van der Waals surface area contributed by atoms with Gasteiger partial charge >= 0.3 is 0 Å². The van der Waals surface area contributed by atoms with Gasteiger partial charge in [-0.05, 0) is 24.9 Å². The third-order valence-corrected chi connectivity index (χ3v) is 1.93. The average molecular weight is 192 g/mol. The van der Waals surface area contributed by atoms with Crippen LogP contribution in [-0.4, -0.2) is 19.1 Å². The highest BCUT2D eigenvalue weighted by atomic mass is 16.4. The molecule has 76 valence electrons. The maximum atomic E-state index is 10.1.